The largest absolute Gasteiger partial charge is 0.378 e. The molecule has 0 amide bonds. The maximum atomic E-state index is 5.97. The molecule has 1 aromatic heterocycles. The molecule has 1 unspecified atom stereocenters. The summed E-state index contributed by atoms with van der Waals surface area (Å²) in [4.78, 5) is 6.51. The topological polar surface area (TPSA) is 66.7 Å². The predicted molar refractivity (Wildman–Crippen MR) is 122 cm³/mol. The van der Waals surface area contributed by atoms with Crippen molar-refractivity contribution >= 4 is 29.9 Å². The van der Waals surface area contributed by atoms with Gasteiger partial charge in [0.25, 0.3) is 0 Å². The van der Waals surface area contributed by atoms with Crippen molar-refractivity contribution in [3.63, 3.8) is 0 Å². The Morgan fingerprint density at radius 3 is 2.67 bits per heavy atom. The third-order valence-electron chi connectivity index (χ3n) is 4.94. The minimum absolute atomic E-state index is 0. The number of hydrogen-bond acceptors (Lipinski definition) is 4. The van der Waals surface area contributed by atoms with Gasteiger partial charge in [-0.1, -0.05) is 19.3 Å². The molecule has 0 spiro atoms. The lowest BCUT2D eigenvalue weighted by Gasteiger charge is -2.24. The van der Waals surface area contributed by atoms with Gasteiger partial charge in [0.15, 0.2) is 5.96 Å². The van der Waals surface area contributed by atoms with E-state index in [2.05, 4.69) is 45.9 Å². The molecule has 0 saturated heterocycles. The minimum Gasteiger partial charge on any atom is -0.378 e. The normalized spacial score (nSPS) is 16.9. The van der Waals surface area contributed by atoms with E-state index in [4.69, 9.17) is 4.74 Å². The highest BCUT2D eigenvalue weighted by molar-refractivity contribution is 14.0. The van der Waals surface area contributed by atoms with E-state index in [-0.39, 0.29) is 30.0 Å². The second kappa shape index (κ2) is 13.3. The summed E-state index contributed by atoms with van der Waals surface area (Å²) in [7, 11) is 7.92. The molecule has 2 rings (SSSR count). The van der Waals surface area contributed by atoms with Crippen LogP contribution in [0.4, 0.5) is 0 Å². The summed E-state index contributed by atoms with van der Waals surface area (Å²) in [5, 5.41) is 11.1. The molecular weight excluding hydrogens is 455 g/mol. The molecule has 0 bridgehead atoms. The van der Waals surface area contributed by atoms with E-state index in [0.29, 0.717) is 6.10 Å². The first-order chi connectivity index (χ1) is 12.6. The van der Waals surface area contributed by atoms with Gasteiger partial charge in [0, 0.05) is 45.6 Å². The Kier molecular flexibility index (Phi) is 11.9. The van der Waals surface area contributed by atoms with Crippen LogP contribution in [0.25, 0.3) is 0 Å². The Morgan fingerprint density at radius 1 is 1.33 bits per heavy atom. The number of guanidine groups is 1. The number of ether oxygens (including phenoxy) is 1. The van der Waals surface area contributed by atoms with Crippen LogP contribution < -0.4 is 10.6 Å². The maximum absolute atomic E-state index is 5.97. The molecule has 1 fully saturated rings. The van der Waals surface area contributed by atoms with Crippen LogP contribution in [-0.2, 0) is 11.8 Å². The van der Waals surface area contributed by atoms with E-state index >= 15 is 0 Å². The fourth-order valence-electron chi connectivity index (χ4n) is 3.39. The zero-order valence-electron chi connectivity index (χ0n) is 17.3. The lowest BCUT2D eigenvalue weighted by atomic mass is 9.98. The van der Waals surface area contributed by atoms with Gasteiger partial charge in [-0.05, 0) is 33.4 Å². The number of hydrogen-bond donors (Lipinski definition) is 2. The third-order valence-corrected chi connectivity index (χ3v) is 4.94. The van der Waals surface area contributed by atoms with Crippen LogP contribution >= 0.6 is 24.0 Å². The number of aromatic nitrogens is 2. The van der Waals surface area contributed by atoms with Gasteiger partial charge in [0.1, 0.15) is 0 Å². The lowest BCUT2D eigenvalue weighted by Crippen LogP contribution is -2.42. The monoisotopic (exact) mass is 492 g/mol. The second-order valence-electron chi connectivity index (χ2n) is 7.29. The number of nitrogens with one attached hydrogen (secondary N) is 2. The van der Waals surface area contributed by atoms with Crippen molar-refractivity contribution < 1.29 is 4.74 Å². The number of rotatable bonds is 9. The smallest absolute Gasteiger partial charge is 0.191 e. The standard InChI is InChI=1S/C19H36N6O.HI/c1-20-19(21-11-8-12-26-17-9-6-5-7-10-17)22-14-18(24(2)3)16-13-23-25(4)15-16;/h13,15,17-18H,5-12,14H2,1-4H3,(H2,20,21,22);1H. The fourth-order valence-corrected chi connectivity index (χ4v) is 3.39. The molecule has 27 heavy (non-hydrogen) atoms. The first-order valence-corrected chi connectivity index (χ1v) is 9.81. The van der Waals surface area contributed by atoms with E-state index in [0.717, 1.165) is 32.1 Å². The van der Waals surface area contributed by atoms with E-state index in [1.807, 2.05) is 25.0 Å². The summed E-state index contributed by atoms with van der Waals surface area (Å²) in [6, 6.07) is 0.247. The molecule has 7 nitrogen and oxygen atoms in total. The predicted octanol–water partition coefficient (Wildman–Crippen LogP) is 2.55. The summed E-state index contributed by atoms with van der Waals surface area (Å²) in [5.41, 5.74) is 1.20. The van der Waals surface area contributed by atoms with Gasteiger partial charge in [-0.3, -0.25) is 9.67 Å². The molecule has 1 heterocycles. The Hall–Kier alpha value is -0.870. The molecule has 8 heteroatoms. The zero-order valence-corrected chi connectivity index (χ0v) is 19.6. The van der Waals surface area contributed by atoms with Crippen LogP contribution in [0.2, 0.25) is 0 Å². The van der Waals surface area contributed by atoms with E-state index in [9.17, 15) is 0 Å². The Labute approximate surface area is 181 Å². The molecule has 0 aliphatic heterocycles. The molecule has 1 aromatic rings. The highest BCUT2D eigenvalue weighted by Crippen LogP contribution is 2.20. The number of halogens is 1. The van der Waals surface area contributed by atoms with Crippen molar-refractivity contribution in [2.75, 3.05) is 40.8 Å². The molecule has 0 aromatic carbocycles. The van der Waals surface area contributed by atoms with Crippen molar-refractivity contribution in [3.8, 4) is 0 Å². The summed E-state index contributed by atoms with van der Waals surface area (Å²) in [6.45, 7) is 2.47. The third kappa shape index (κ3) is 8.78. The van der Waals surface area contributed by atoms with Crippen molar-refractivity contribution in [3.05, 3.63) is 18.0 Å². The van der Waals surface area contributed by atoms with E-state index in [1.54, 1.807) is 0 Å². The summed E-state index contributed by atoms with van der Waals surface area (Å²) in [6.07, 6.45) is 12.0. The van der Waals surface area contributed by atoms with Crippen LogP contribution in [0.3, 0.4) is 0 Å². The number of likely N-dealkylation sites (N-methyl/N-ethyl adjacent to an activating group) is 1. The number of aliphatic imine (C=N–C) groups is 1. The molecular formula is C19H37IN6O. The first-order valence-electron chi connectivity index (χ1n) is 9.81. The Bertz CT molecular complexity index is 542. The van der Waals surface area contributed by atoms with Gasteiger partial charge < -0.3 is 20.3 Å². The average molecular weight is 492 g/mol. The second-order valence-corrected chi connectivity index (χ2v) is 7.29. The van der Waals surface area contributed by atoms with Crippen LogP contribution in [0.5, 0.6) is 0 Å². The van der Waals surface area contributed by atoms with Crippen molar-refractivity contribution in [1.82, 2.24) is 25.3 Å². The Morgan fingerprint density at radius 2 is 2.07 bits per heavy atom. The molecule has 1 aliphatic carbocycles. The quantitative estimate of drug-likeness (QED) is 0.240. The summed E-state index contributed by atoms with van der Waals surface area (Å²) >= 11 is 0. The van der Waals surface area contributed by atoms with Crippen LogP contribution in [0.1, 0.15) is 50.1 Å². The molecule has 0 radical (unpaired) electrons. The first kappa shape index (κ1) is 24.2. The molecule has 156 valence electrons. The van der Waals surface area contributed by atoms with Gasteiger partial charge in [-0.15, -0.1) is 24.0 Å². The molecule has 2 N–H and O–H groups in total. The Balaban J connectivity index is 0.00000364. The highest BCUT2D eigenvalue weighted by Gasteiger charge is 2.16. The van der Waals surface area contributed by atoms with Gasteiger partial charge in [-0.25, -0.2) is 0 Å². The van der Waals surface area contributed by atoms with Crippen molar-refractivity contribution in [2.24, 2.45) is 12.0 Å². The molecule has 1 aliphatic rings. The average Bonchev–Trinajstić information content (AvgIpc) is 3.06. The van der Waals surface area contributed by atoms with Gasteiger partial charge >= 0.3 is 0 Å². The lowest BCUT2D eigenvalue weighted by molar-refractivity contribution is 0.0277. The SMILES string of the molecule is CN=C(NCCCOC1CCCCC1)NCC(c1cnn(C)c1)N(C)C.I. The fraction of sp³-hybridized carbons (Fsp3) is 0.789. The van der Waals surface area contributed by atoms with Crippen LogP contribution in [0.15, 0.2) is 17.4 Å². The highest BCUT2D eigenvalue weighted by atomic mass is 127. The zero-order chi connectivity index (χ0) is 18.8. The van der Waals surface area contributed by atoms with E-state index in [1.165, 1.54) is 37.7 Å². The van der Waals surface area contributed by atoms with Crippen molar-refractivity contribution in [2.45, 2.75) is 50.7 Å². The van der Waals surface area contributed by atoms with Crippen LogP contribution in [-0.4, -0.2) is 67.6 Å². The number of aryl methyl sites for hydroxylation is 1. The van der Waals surface area contributed by atoms with Gasteiger partial charge in [-0.2, -0.15) is 5.10 Å². The number of nitrogens with zero attached hydrogens (tertiary/aromatic N) is 4. The minimum atomic E-state index is 0. The van der Waals surface area contributed by atoms with Gasteiger partial charge in [0.05, 0.1) is 18.3 Å². The summed E-state index contributed by atoms with van der Waals surface area (Å²) < 4.78 is 7.81. The summed E-state index contributed by atoms with van der Waals surface area (Å²) in [5.74, 6) is 0.832. The molecule has 1 atom stereocenters. The maximum Gasteiger partial charge on any atom is 0.191 e. The van der Waals surface area contributed by atoms with E-state index < -0.39 is 0 Å². The molecule has 1 saturated carbocycles. The van der Waals surface area contributed by atoms with Gasteiger partial charge in [0.2, 0.25) is 0 Å². The van der Waals surface area contributed by atoms with Crippen molar-refractivity contribution in [1.29, 1.82) is 0 Å². The van der Waals surface area contributed by atoms with Crippen LogP contribution in [0, 0.1) is 0 Å².